The number of nitrogens with one attached hydrogen (secondary N) is 1. The van der Waals surface area contributed by atoms with Crippen molar-refractivity contribution < 1.29 is 4.74 Å². The van der Waals surface area contributed by atoms with Crippen LogP contribution in [-0.2, 0) is 4.74 Å². The van der Waals surface area contributed by atoms with E-state index in [0.717, 1.165) is 18.5 Å². The molecule has 0 amide bonds. The van der Waals surface area contributed by atoms with Crippen LogP contribution >= 0.6 is 0 Å². The summed E-state index contributed by atoms with van der Waals surface area (Å²) in [7, 11) is 1.82. The summed E-state index contributed by atoms with van der Waals surface area (Å²) in [5.74, 6) is 0.942. The zero-order valence-corrected chi connectivity index (χ0v) is 11.7. The number of methoxy groups -OCH3 is 1. The molecule has 16 heavy (non-hydrogen) atoms. The molecule has 2 atom stereocenters. The molecule has 1 rings (SSSR count). The van der Waals surface area contributed by atoms with E-state index in [0.29, 0.717) is 6.10 Å². The van der Waals surface area contributed by atoms with Crippen molar-refractivity contribution in [2.75, 3.05) is 13.7 Å². The van der Waals surface area contributed by atoms with E-state index in [2.05, 4.69) is 33.0 Å². The van der Waals surface area contributed by atoms with Gasteiger partial charge < -0.3 is 10.1 Å². The van der Waals surface area contributed by atoms with E-state index in [1.165, 1.54) is 25.7 Å². The topological polar surface area (TPSA) is 21.3 Å². The average molecular weight is 227 g/mol. The normalized spacial score (nSPS) is 20.8. The Morgan fingerprint density at radius 1 is 1.31 bits per heavy atom. The highest BCUT2D eigenvalue weighted by Gasteiger charge is 2.32. The van der Waals surface area contributed by atoms with E-state index < -0.39 is 0 Å². The third-order valence-electron chi connectivity index (χ3n) is 3.61. The van der Waals surface area contributed by atoms with Crippen molar-refractivity contribution in [1.29, 1.82) is 0 Å². The Balaban J connectivity index is 2.34. The minimum absolute atomic E-state index is 0.224. The van der Waals surface area contributed by atoms with Gasteiger partial charge in [-0.1, -0.05) is 34.1 Å². The van der Waals surface area contributed by atoms with Gasteiger partial charge in [0.2, 0.25) is 0 Å². The van der Waals surface area contributed by atoms with Gasteiger partial charge >= 0.3 is 0 Å². The van der Waals surface area contributed by atoms with Crippen LogP contribution in [0, 0.1) is 11.3 Å². The lowest BCUT2D eigenvalue weighted by Crippen LogP contribution is -2.43. The predicted octanol–water partition coefficient (Wildman–Crippen LogP) is 3.22. The van der Waals surface area contributed by atoms with Crippen molar-refractivity contribution in [3.8, 4) is 0 Å². The van der Waals surface area contributed by atoms with Crippen LogP contribution in [-0.4, -0.2) is 25.8 Å². The Morgan fingerprint density at radius 2 is 1.94 bits per heavy atom. The lowest BCUT2D eigenvalue weighted by Gasteiger charge is -2.31. The lowest BCUT2D eigenvalue weighted by atomic mass is 9.88. The summed E-state index contributed by atoms with van der Waals surface area (Å²) in [6.07, 6.45) is 5.74. The number of hydrogen-bond acceptors (Lipinski definition) is 2. The third kappa shape index (κ3) is 4.42. The molecule has 2 nitrogen and oxygen atoms in total. The molecule has 0 spiro atoms. The van der Waals surface area contributed by atoms with E-state index in [1.54, 1.807) is 0 Å². The highest BCUT2D eigenvalue weighted by molar-refractivity contribution is 4.88. The minimum atomic E-state index is 0.224. The standard InChI is InChI=1S/C14H29NO/c1-6-7-12(11-8-9-11)15-10-13(16-5)14(2,3)4/h11-13,15H,6-10H2,1-5H3. The van der Waals surface area contributed by atoms with Crippen LogP contribution < -0.4 is 5.32 Å². The maximum atomic E-state index is 5.58. The van der Waals surface area contributed by atoms with Gasteiger partial charge in [0, 0.05) is 19.7 Å². The van der Waals surface area contributed by atoms with Crippen LogP contribution in [0.2, 0.25) is 0 Å². The molecule has 1 aliphatic rings. The van der Waals surface area contributed by atoms with Gasteiger partial charge in [0.15, 0.2) is 0 Å². The number of ether oxygens (including phenoxy) is 1. The van der Waals surface area contributed by atoms with Crippen molar-refractivity contribution in [2.45, 2.75) is 65.5 Å². The zero-order valence-electron chi connectivity index (χ0n) is 11.7. The van der Waals surface area contributed by atoms with Crippen LogP contribution in [0.15, 0.2) is 0 Å². The first-order chi connectivity index (χ1) is 7.49. The second-order valence-corrected chi connectivity index (χ2v) is 6.23. The van der Waals surface area contributed by atoms with E-state index in [9.17, 15) is 0 Å². The van der Waals surface area contributed by atoms with Gasteiger partial charge in [0.25, 0.3) is 0 Å². The largest absolute Gasteiger partial charge is 0.380 e. The Morgan fingerprint density at radius 3 is 2.31 bits per heavy atom. The van der Waals surface area contributed by atoms with Crippen molar-refractivity contribution >= 4 is 0 Å². The fourth-order valence-electron chi connectivity index (χ4n) is 2.32. The van der Waals surface area contributed by atoms with Gasteiger partial charge in [-0.25, -0.2) is 0 Å². The quantitative estimate of drug-likeness (QED) is 0.721. The third-order valence-corrected chi connectivity index (χ3v) is 3.61. The Hall–Kier alpha value is -0.0800. The Bertz CT molecular complexity index is 193. The fraction of sp³-hybridized carbons (Fsp3) is 1.00. The van der Waals surface area contributed by atoms with Crippen LogP contribution in [0.5, 0.6) is 0 Å². The Labute approximate surface area is 101 Å². The molecule has 0 aliphatic heterocycles. The van der Waals surface area contributed by atoms with Gasteiger partial charge in [0.1, 0.15) is 0 Å². The van der Waals surface area contributed by atoms with Crippen molar-refractivity contribution in [3.63, 3.8) is 0 Å². The molecule has 0 radical (unpaired) electrons. The monoisotopic (exact) mass is 227 g/mol. The summed E-state index contributed by atoms with van der Waals surface area (Å²) in [5.41, 5.74) is 0.224. The van der Waals surface area contributed by atoms with Crippen LogP contribution in [0.1, 0.15) is 53.4 Å². The second kappa shape index (κ2) is 6.02. The number of rotatable bonds is 7. The maximum Gasteiger partial charge on any atom is 0.0743 e. The Kier molecular flexibility index (Phi) is 5.26. The smallest absolute Gasteiger partial charge is 0.0743 e. The predicted molar refractivity (Wildman–Crippen MR) is 69.7 cm³/mol. The zero-order chi connectivity index (χ0) is 12.2. The summed E-state index contributed by atoms with van der Waals surface area (Å²) in [6.45, 7) is 9.99. The molecular weight excluding hydrogens is 198 g/mol. The summed E-state index contributed by atoms with van der Waals surface area (Å²) in [4.78, 5) is 0. The molecule has 1 aliphatic carbocycles. The average Bonchev–Trinajstić information content (AvgIpc) is 2.98. The molecule has 0 aromatic carbocycles. The van der Waals surface area contributed by atoms with Crippen molar-refractivity contribution in [3.05, 3.63) is 0 Å². The molecular formula is C14H29NO. The lowest BCUT2D eigenvalue weighted by molar-refractivity contribution is 0.0150. The molecule has 2 heteroatoms. The highest BCUT2D eigenvalue weighted by atomic mass is 16.5. The SMILES string of the molecule is CCCC(NCC(OC)C(C)(C)C)C1CC1. The van der Waals surface area contributed by atoms with Crippen LogP contribution in [0.4, 0.5) is 0 Å². The minimum Gasteiger partial charge on any atom is -0.380 e. The molecule has 0 saturated heterocycles. The molecule has 1 fully saturated rings. The molecule has 1 saturated carbocycles. The molecule has 0 bridgehead atoms. The molecule has 0 heterocycles. The van der Waals surface area contributed by atoms with Gasteiger partial charge in [-0.05, 0) is 30.6 Å². The van der Waals surface area contributed by atoms with E-state index in [4.69, 9.17) is 4.74 Å². The first-order valence-electron chi connectivity index (χ1n) is 6.75. The molecule has 2 unspecified atom stereocenters. The van der Waals surface area contributed by atoms with E-state index in [-0.39, 0.29) is 5.41 Å². The molecule has 1 N–H and O–H groups in total. The number of hydrogen-bond donors (Lipinski definition) is 1. The fourth-order valence-corrected chi connectivity index (χ4v) is 2.32. The maximum absolute atomic E-state index is 5.58. The first-order valence-corrected chi connectivity index (χ1v) is 6.75. The van der Waals surface area contributed by atoms with Crippen LogP contribution in [0.3, 0.4) is 0 Å². The molecule has 0 aromatic rings. The summed E-state index contributed by atoms with van der Waals surface area (Å²) >= 11 is 0. The summed E-state index contributed by atoms with van der Waals surface area (Å²) < 4.78 is 5.58. The van der Waals surface area contributed by atoms with Crippen molar-refractivity contribution in [2.24, 2.45) is 11.3 Å². The highest BCUT2D eigenvalue weighted by Crippen LogP contribution is 2.34. The first kappa shape index (κ1) is 14.0. The molecule has 0 aromatic heterocycles. The van der Waals surface area contributed by atoms with Gasteiger partial charge in [-0.2, -0.15) is 0 Å². The summed E-state index contributed by atoms with van der Waals surface area (Å²) in [6, 6.07) is 0.727. The van der Waals surface area contributed by atoms with E-state index >= 15 is 0 Å². The van der Waals surface area contributed by atoms with Gasteiger partial charge in [-0.15, -0.1) is 0 Å². The second-order valence-electron chi connectivity index (χ2n) is 6.23. The summed E-state index contributed by atoms with van der Waals surface area (Å²) in [5, 5.41) is 3.72. The van der Waals surface area contributed by atoms with Crippen molar-refractivity contribution in [1.82, 2.24) is 5.32 Å². The van der Waals surface area contributed by atoms with Gasteiger partial charge in [-0.3, -0.25) is 0 Å². The van der Waals surface area contributed by atoms with Crippen LogP contribution in [0.25, 0.3) is 0 Å². The van der Waals surface area contributed by atoms with E-state index in [1.807, 2.05) is 7.11 Å². The molecule has 96 valence electrons. The van der Waals surface area contributed by atoms with Gasteiger partial charge in [0.05, 0.1) is 6.10 Å².